The zero-order valence-electron chi connectivity index (χ0n) is 18.1. The molecule has 4 nitrogen and oxygen atoms in total. The van der Waals surface area contributed by atoms with Crippen LogP contribution in [0, 0.1) is 11.3 Å². The lowest BCUT2D eigenvalue weighted by atomic mass is 9.78. The normalized spacial score (nSPS) is 23.8. The van der Waals surface area contributed by atoms with Crippen molar-refractivity contribution in [3.63, 3.8) is 0 Å². The van der Waals surface area contributed by atoms with E-state index in [0.717, 1.165) is 11.1 Å². The molecule has 1 aliphatic carbocycles. The van der Waals surface area contributed by atoms with Gasteiger partial charge in [0, 0.05) is 5.92 Å². The average molecular weight is 411 g/mol. The number of ether oxygens (including phenoxy) is 2. The predicted octanol–water partition coefficient (Wildman–Crippen LogP) is 4.50. The highest BCUT2D eigenvalue weighted by Crippen LogP contribution is 2.32. The van der Waals surface area contributed by atoms with Crippen LogP contribution in [0.5, 0.6) is 0 Å². The van der Waals surface area contributed by atoms with Crippen LogP contribution in [0.25, 0.3) is 0 Å². The van der Waals surface area contributed by atoms with E-state index in [0.29, 0.717) is 19.6 Å². The Labute approximate surface area is 180 Å². The molecule has 0 fully saturated rings. The Balaban J connectivity index is 1.69. The van der Waals surface area contributed by atoms with E-state index in [2.05, 4.69) is 0 Å². The maximum absolute atomic E-state index is 10.8. The second-order valence-electron chi connectivity index (χ2n) is 9.18. The monoisotopic (exact) mass is 410 g/mol. The molecule has 4 heteroatoms. The van der Waals surface area contributed by atoms with Gasteiger partial charge in [0.05, 0.1) is 31.5 Å². The van der Waals surface area contributed by atoms with Gasteiger partial charge >= 0.3 is 0 Å². The summed E-state index contributed by atoms with van der Waals surface area (Å²) in [6, 6.07) is 20.1. The van der Waals surface area contributed by atoms with Crippen LogP contribution in [0.4, 0.5) is 0 Å². The standard InChI is InChI=1S/C26H34O4/c1-26(2,3)25(28)24(27)21-14-15-22(29-17-19-10-6-4-7-11-19)23(16-21)30-18-20-12-8-5-9-13-20/h4-15,21-25,27-28H,16-18H2,1-3H3/t21-,22-,23+,24+,25-/m1/s1. The summed E-state index contributed by atoms with van der Waals surface area (Å²) in [5, 5.41) is 21.3. The van der Waals surface area contributed by atoms with Crippen molar-refractivity contribution in [2.24, 2.45) is 11.3 Å². The van der Waals surface area contributed by atoms with Gasteiger partial charge in [-0.1, -0.05) is 93.6 Å². The first kappa shape index (κ1) is 22.7. The van der Waals surface area contributed by atoms with Crippen LogP contribution < -0.4 is 0 Å². The van der Waals surface area contributed by atoms with Crippen molar-refractivity contribution in [1.29, 1.82) is 0 Å². The van der Waals surface area contributed by atoms with Crippen LogP contribution in [-0.4, -0.2) is 34.6 Å². The minimum atomic E-state index is -0.848. The van der Waals surface area contributed by atoms with Crippen LogP contribution in [-0.2, 0) is 22.7 Å². The number of hydrogen-bond donors (Lipinski definition) is 2. The van der Waals surface area contributed by atoms with Gasteiger partial charge in [0.1, 0.15) is 6.10 Å². The van der Waals surface area contributed by atoms with Gasteiger partial charge in [-0.2, -0.15) is 0 Å². The summed E-state index contributed by atoms with van der Waals surface area (Å²) in [5.74, 6) is -0.184. The predicted molar refractivity (Wildman–Crippen MR) is 119 cm³/mol. The molecular weight excluding hydrogens is 376 g/mol. The molecule has 1 aliphatic rings. The van der Waals surface area contributed by atoms with E-state index in [-0.39, 0.29) is 18.1 Å². The lowest BCUT2D eigenvalue weighted by Gasteiger charge is -2.38. The van der Waals surface area contributed by atoms with Crippen molar-refractivity contribution >= 4 is 0 Å². The Hall–Kier alpha value is -1.98. The molecule has 0 radical (unpaired) electrons. The van der Waals surface area contributed by atoms with Crippen LogP contribution >= 0.6 is 0 Å². The third kappa shape index (κ3) is 6.26. The van der Waals surface area contributed by atoms with Gasteiger partial charge in [0.15, 0.2) is 0 Å². The zero-order chi connectivity index (χ0) is 21.6. The molecule has 0 spiro atoms. The molecule has 0 amide bonds. The average Bonchev–Trinajstić information content (AvgIpc) is 2.76. The van der Waals surface area contributed by atoms with Crippen molar-refractivity contribution in [2.75, 3.05) is 0 Å². The highest BCUT2D eigenvalue weighted by molar-refractivity contribution is 5.15. The molecule has 0 unspecified atom stereocenters. The van der Waals surface area contributed by atoms with E-state index >= 15 is 0 Å². The first-order valence-corrected chi connectivity index (χ1v) is 10.7. The highest BCUT2D eigenvalue weighted by Gasteiger charge is 2.38. The third-order valence-corrected chi connectivity index (χ3v) is 5.66. The molecular formula is C26H34O4. The number of hydrogen-bond acceptors (Lipinski definition) is 4. The van der Waals surface area contributed by atoms with Gasteiger partial charge in [-0.15, -0.1) is 0 Å². The smallest absolute Gasteiger partial charge is 0.102 e. The summed E-state index contributed by atoms with van der Waals surface area (Å²) in [7, 11) is 0. The molecule has 5 atom stereocenters. The maximum atomic E-state index is 10.8. The van der Waals surface area contributed by atoms with Gasteiger partial charge in [0.2, 0.25) is 0 Å². The quantitative estimate of drug-likeness (QED) is 0.629. The summed E-state index contributed by atoms with van der Waals surface area (Å²) in [6.07, 6.45) is 2.47. The second kappa shape index (κ2) is 10.4. The fourth-order valence-electron chi connectivity index (χ4n) is 3.73. The Kier molecular flexibility index (Phi) is 7.84. The summed E-state index contributed by atoms with van der Waals surface area (Å²) >= 11 is 0. The Morgan fingerprint density at radius 3 is 1.90 bits per heavy atom. The van der Waals surface area contributed by atoms with Gasteiger partial charge < -0.3 is 19.7 Å². The fourth-order valence-corrected chi connectivity index (χ4v) is 3.73. The molecule has 3 rings (SSSR count). The van der Waals surface area contributed by atoms with E-state index in [1.165, 1.54) is 0 Å². The first-order chi connectivity index (χ1) is 14.3. The minimum absolute atomic E-state index is 0.184. The number of benzene rings is 2. The van der Waals surface area contributed by atoms with Crippen LogP contribution in [0.1, 0.15) is 38.3 Å². The first-order valence-electron chi connectivity index (χ1n) is 10.7. The molecule has 0 aliphatic heterocycles. The third-order valence-electron chi connectivity index (χ3n) is 5.66. The number of aliphatic hydroxyl groups is 2. The molecule has 0 aromatic heterocycles. The van der Waals surface area contributed by atoms with Gasteiger partial charge in [-0.25, -0.2) is 0 Å². The van der Waals surface area contributed by atoms with Gasteiger partial charge in [-0.05, 0) is 23.0 Å². The Morgan fingerprint density at radius 1 is 0.833 bits per heavy atom. The zero-order valence-corrected chi connectivity index (χ0v) is 18.1. The maximum Gasteiger partial charge on any atom is 0.102 e. The van der Waals surface area contributed by atoms with Crippen LogP contribution in [0.15, 0.2) is 72.8 Å². The molecule has 2 aromatic carbocycles. The number of aliphatic hydroxyl groups excluding tert-OH is 2. The molecule has 162 valence electrons. The minimum Gasteiger partial charge on any atom is -0.390 e. The summed E-state index contributed by atoms with van der Waals surface area (Å²) in [6.45, 7) is 6.78. The molecule has 0 bridgehead atoms. The van der Waals surface area contributed by atoms with Gasteiger partial charge in [-0.3, -0.25) is 0 Å². The van der Waals surface area contributed by atoms with Gasteiger partial charge in [0.25, 0.3) is 0 Å². The van der Waals surface area contributed by atoms with E-state index in [1.807, 2.05) is 93.6 Å². The SMILES string of the molecule is CC(C)(C)[C@H](O)[C@@H](O)[C@@H]1C=C[C@@H](OCc2ccccc2)[C@@H](OCc2ccccc2)C1. The largest absolute Gasteiger partial charge is 0.390 e. The summed E-state index contributed by atoms with van der Waals surface area (Å²) < 4.78 is 12.4. The van der Waals surface area contributed by atoms with E-state index in [4.69, 9.17) is 9.47 Å². The summed E-state index contributed by atoms with van der Waals surface area (Å²) in [4.78, 5) is 0. The van der Waals surface area contributed by atoms with E-state index < -0.39 is 17.6 Å². The van der Waals surface area contributed by atoms with Crippen molar-refractivity contribution in [1.82, 2.24) is 0 Å². The lowest BCUT2D eigenvalue weighted by Crippen LogP contribution is -2.45. The lowest BCUT2D eigenvalue weighted by molar-refractivity contribution is -0.104. The molecule has 2 aromatic rings. The van der Waals surface area contributed by atoms with Crippen LogP contribution in [0.3, 0.4) is 0 Å². The van der Waals surface area contributed by atoms with E-state index in [1.54, 1.807) is 0 Å². The highest BCUT2D eigenvalue weighted by atomic mass is 16.5. The second-order valence-corrected chi connectivity index (χ2v) is 9.18. The Bertz CT molecular complexity index is 782. The molecule has 30 heavy (non-hydrogen) atoms. The van der Waals surface area contributed by atoms with Crippen molar-refractivity contribution in [3.8, 4) is 0 Å². The topological polar surface area (TPSA) is 58.9 Å². The molecule has 2 N–H and O–H groups in total. The molecule has 0 heterocycles. The molecule has 0 saturated carbocycles. The van der Waals surface area contributed by atoms with Crippen molar-refractivity contribution in [3.05, 3.63) is 83.9 Å². The summed E-state index contributed by atoms with van der Waals surface area (Å²) in [5.41, 5.74) is 1.81. The van der Waals surface area contributed by atoms with Crippen molar-refractivity contribution < 1.29 is 19.7 Å². The van der Waals surface area contributed by atoms with Crippen LogP contribution in [0.2, 0.25) is 0 Å². The van der Waals surface area contributed by atoms with E-state index in [9.17, 15) is 10.2 Å². The van der Waals surface area contributed by atoms with Crippen molar-refractivity contribution in [2.45, 2.75) is 64.8 Å². The number of rotatable bonds is 8. The fraction of sp³-hybridized carbons (Fsp3) is 0.462. The molecule has 0 saturated heterocycles. The Morgan fingerprint density at radius 2 is 1.37 bits per heavy atom.